The van der Waals surface area contributed by atoms with Gasteiger partial charge in [0.25, 0.3) is 5.91 Å². The number of carbonyl (C=O) groups excluding carboxylic acids is 2. The zero-order valence-corrected chi connectivity index (χ0v) is 22.5. The van der Waals surface area contributed by atoms with Gasteiger partial charge >= 0.3 is 6.61 Å². The third-order valence-corrected chi connectivity index (χ3v) is 7.71. The first-order valence-corrected chi connectivity index (χ1v) is 13.8. The zero-order chi connectivity index (χ0) is 28.3. The minimum Gasteiger partial charge on any atom is -0.434 e. The van der Waals surface area contributed by atoms with Crippen LogP contribution in [-0.4, -0.2) is 79.3 Å². The van der Waals surface area contributed by atoms with E-state index in [4.69, 9.17) is 9.47 Å². The van der Waals surface area contributed by atoms with Gasteiger partial charge in [-0.2, -0.15) is 19.0 Å². The average molecular weight is 582 g/mol. The first-order valence-electron chi connectivity index (χ1n) is 12.9. The van der Waals surface area contributed by atoms with Gasteiger partial charge in [-0.3, -0.25) is 14.3 Å². The molecule has 2 aliphatic heterocycles. The van der Waals surface area contributed by atoms with Gasteiger partial charge < -0.3 is 19.7 Å². The topological polar surface area (TPSA) is 116 Å². The van der Waals surface area contributed by atoms with Crippen LogP contribution in [0.2, 0.25) is 0 Å². The molecule has 4 aromatic rings. The Morgan fingerprint density at radius 1 is 1.24 bits per heavy atom. The largest absolute Gasteiger partial charge is 0.434 e. The fraction of sp³-hybridized carbons (Fsp3) is 0.296. The molecule has 212 valence electrons. The van der Waals surface area contributed by atoms with Crippen LogP contribution in [0.1, 0.15) is 16.8 Å². The maximum absolute atomic E-state index is 13.4. The van der Waals surface area contributed by atoms with Crippen LogP contribution in [-0.2, 0) is 16.1 Å². The summed E-state index contributed by atoms with van der Waals surface area (Å²) in [5.74, 6) is -0.799. The number of halogens is 2. The molecule has 1 aromatic carbocycles. The molecule has 1 saturated heterocycles. The van der Waals surface area contributed by atoms with Crippen molar-refractivity contribution in [3.63, 3.8) is 0 Å². The lowest BCUT2D eigenvalue weighted by atomic mass is 10.1. The van der Waals surface area contributed by atoms with Crippen LogP contribution < -0.4 is 10.1 Å². The van der Waals surface area contributed by atoms with Crippen molar-refractivity contribution in [1.82, 2.24) is 29.3 Å². The number of nitrogens with zero attached hydrogens (tertiary/aromatic N) is 6. The molecule has 6 rings (SSSR count). The lowest BCUT2D eigenvalue weighted by Gasteiger charge is -2.25. The molecule has 0 radical (unpaired) electrons. The second-order valence-corrected chi connectivity index (χ2v) is 10.8. The SMILES string of the molecule is O=C(Nc1cn(CC(=O)N2CC=CCC2)nc1-c1cc(SC2COC2)ccc1OC(F)F)c1cnn2cccnc12. The number of rotatable bonds is 9. The number of hydrogen-bond acceptors (Lipinski definition) is 8. The average Bonchev–Trinajstić information content (AvgIpc) is 3.55. The summed E-state index contributed by atoms with van der Waals surface area (Å²) in [4.78, 5) is 33.1. The number of fused-ring (bicyclic) bond motifs is 1. The molecule has 5 heterocycles. The summed E-state index contributed by atoms with van der Waals surface area (Å²) in [5.41, 5.74) is 1.19. The van der Waals surface area contributed by atoms with Gasteiger partial charge in [-0.05, 0) is 30.7 Å². The van der Waals surface area contributed by atoms with Gasteiger partial charge in [0.05, 0.1) is 30.3 Å². The number of ether oxygens (including phenoxy) is 2. The van der Waals surface area contributed by atoms with E-state index in [0.29, 0.717) is 32.0 Å². The van der Waals surface area contributed by atoms with Gasteiger partial charge in [-0.1, -0.05) is 12.2 Å². The molecule has 0 spiro atoms. The maximum Gasteiger partial charge on any atom is 0.387 e. The molecule has 14 heteroatoms. The Kier molecular flexibility index (Phi) is 7.65. The fourth-order valence-electron chi connectivity index (χ4n) is 4.52. The molecule has 3 aromatic heterocycles. The summed E-state index contributed by atoms with van der Waals surface area (Å²) < 4.78 is 39.8. The number of amides is 2. The summed E-state index contributed by atoms with van der Waals surface area (Å²) in [6, 6.07) is 6.52. The lowest BCUT2D eigenvalue weighted by molar-refractivity contribution is -0.131. The molecule has 0 unspecified atom stereocenters. The van der Waals surface area contributed by atoms with E-state index in [9.17, 15) is 18.4 Å². The Bertz CT molecular complexity index is 1620. The van der Waals surface area contributed by atoms with Crippen molar-refractivity contribution in [1.29, 1.82) is 0 Å². The van der Waals surface area contributed by atoms with Gasteiger partial charge in [0.2, 0.25) is 5.91 Å². The summed E-state index contributed by atoms with van der Waals surface area (Å²) in [5, 5.41) is 11.8. The van der Waals surface area contributed by atoms with Crippen molar-refractivity contribution in [3.8, 4) is 17.0 Å². The number of carbonyl (C=O) groups is 2. The summed E-state index contributed by atoms with van der Waals surface area (Å²) >= 11 is 1.55. The minimum atomic E-state index is -3.08. The van der Waals surface area contributed by atoms with Crippen LogP contribution in [0.25, 0.3) is 16.9 Å². The molecule has 0 atom stereocenters. The predicted octanol–water partition coefficient (Wildman–Crippen LogP) is 3.73. The Labute approximate surface area is 237 Å². The van der Waals surface area contributed by atoms with Gasteiger partial charge in [-0.15, -0.1) is 11.8 Å². The predicted molar refractivity (Wildman–Crippen MR) is 146 cm³/mol. The highest BCUT2D eigenvalue weighted by Gasteiger charge is 2.25. The molecule has 11 nitrogen and oxygen atoms in total. The van der Waals surface area contributed by atoms with Crippen molar-refractivity contribution >= 4 is 34.9 Å². The fourth-order valence-corrected chi connectivity index (χ4v) is 5.56. The zero-order valence-electron chi connectivity index (χ0n) is 21.7. The number of anilines is 1. The van der Waals surface area contributed by atoms with E-state index in [1.165, 1.54) is 27.7 Å². The number of nitrogens with one attached hydrogen (secondary N) is 1. The van der Waals surface area contributed by atoms with E-state index in [-0.39, 0.29) is 46.0 Å². The number of benzene rings is 1. The summed E-state index contributed by atoms with van der Waals surface area (Å²) in [7, 11) is 0. The Morgan fingerprint density at radius 2 is 2.12 bits per heavy atom. The summed E-state index contributed by atoms with van der Waals surface area (Å²) in [6.07, 6.45) is 10.8. The van der Waals surface area contributed by atoms with Crippen LogP contribution in [0.4, 0.5) is 14.5 Å². The van der Waals surface area contributed by atoms with Crippen molar-refractivity contribution in [2.24, 2.45) is 0 Å². The first-order chi connectivity index (χ1) is 19.9. The van der Waals surface area contributed by atoms with E-state index in [1.807, 2.05) is 12.2 Å². The van der Waals surface area contributed by atoms with Crippen molar-refractivity contribution < 1.29 is 27.8 Å². The van der Waals surface area contributed by atoms with Gasteiger partial charge in [0, 0.05) is 42.1 Å². The first kappa shape index (κ1) is 26.9. The van der Waals surface area contributed by atoms with Crippen LogP contribution in [0.15, 0.2) is 66.1 Å². The van der Waals surface area contributed by atoms with E-state index in [1.54, 1.807) is 47.3 Å². The molecule has 0 saturated carbocycles. The molecule has 2 amide bonds. The molecule has 0 bridgehead atoms. The highest BCUT2D eigenvalue weighted by molar-refractivity contribution is 8.00. The quantitative estimate of drug-likeness (QED) is 0.298. The lowest BCUT2D eigenvalue weighted by Crippen LogP contribution is -2.36. The van der Waals surface area contributed by atoms with E-state index >= 15 is 0 Å². The molecule has 2 aliphatic rings. The normalized spacial score (nSPS) is 15.3. The second-order valence-electron chi connectivity index (χ2n) is 9.40. The van der Waals surface area contributed by atoms with Gasteiger partial charge in [0.1, 0.15) is 23.6 Å². The molecular weight excluding hydrogens is 556 g/mol. The minimum absolute atomic E-state index is 0.103. The standard InChI is InChI=1S/C27H25F2N7O4S/c28-27(29)40-22-6-5-17(41-18-15-39-16-18)11-19(22)24-21(13-35(33-24)14-23(37)34-8-2-1-3-9-34)32-26(38)20-12-31-36-10-4-7-30-25(20)36/h1-2,4-7,10-13,18,27H,3,8-9,14-16H2,(H,32,38). The third-order valence-electron chi connectivity index (χ3n) is 6.57. The van der Waals surface area contributed by atoms with Crippen LogP contribution >= 0.6 is 11.8 Å². The molecular formula is C27H25F2N7O4S. The number of hydrogen-bond donors (Lipinski definition) is 1. The van der Waals surface area contributed by atoms with Gasteiger partial charge in [-0.25, -0.2) is 9.50 Å². The smallest absolute Gasteiger partial charge is 0.387 e. The van der Waals surface area contributed by atoms with Crippen molar-refractivity contribution in [3.05, 3.63) is 66.8 Å². The number of alkyl halides is 2. The number of thioether (sulfide) groups is 1. The highest BCUT2D eigenvalue weighted by Crippen LogP contribution is 2.39. The second kappa shape index (κ2) is 11.7. The van der Waals surface area contributed by atoms with Crippen molar-refractivity contribution in [2.75, 3.05) is 31.6 Å². The van der Waals surface area contributed by atoms with E-state index in [0.717, 1.165) is 11.3 Å². The van der Waals surface area contributed by atoms with Crippen LogP contribution in [0.5, 0.6) is 5.75 Å². The van der Waals surface area contributed by atoms with Gasteiger partial charge in [0.15, 0.2) is 5.65 Å². The molecule has 1 N–H and O–H groups in total. The maximum atomic E-state index is 13.4. The van der Waals surface area contributed by atoms with E-state index in [2.05, 4.69) is 20.5 Å². The Hall–Kier alpha value is -4.30. The molecule has 1 fully saturated rings. The highest BCUT2D eigenvalue weighted by atomic mass is 32.2. The number of aromatic nitrogens is 5. The van der Waals surface area contributed by atoms with Crippen LogP contribution in [0, 0.1) is 0 Å². The Morgan fingerprint density at radius 3 is 2.88 bits per heavy atom. The monoisotopic (exact) mass is 581 g/mol. The summed E-state index contributed by atoms with van der Waals surface area (Å²) in [6.45, 7) is -0.918. The van der Waals surface area contributed by atoms with E-state index < -0.39 is 12.5 Å². The molecule has 41 heavy (non-hydrogen) atoms. The van der Waals surface area contributed by atoms with Crippen molar-refractivity contribution in [2.45, 2.75) is 29.7 Å². The molecule has 0 aliphatic carbocycles. The third kappa shape index (κ3) is 5.93. The Balaban J connectivity index is 1.37. The van der Waals surface area contributed by atoms with Crippen LogP contribution in [0.3, 0.4) is 0 Å².